The summed E-state index contributed by atoms with van der Waals surface area (Å²) in [5.74, 6) is 0. The third kappa shape index (κ3) is 4.34. The van der Waals surface area contributed by atoms with Gasteiger partial charge in [-0.15, -0.1) is 11.3 Å². The number of aryl methyl sites for hydroxylation is 1. The molecule has 2 aromatic rings. The van der Waals surface area contributed by atoms with Crippen LogP contribution in [0.5, 0.6) is 0 Å². The second-order valence-electron chi connectivity index (χ2n) is 7.02. The van der Waals surface area contributed by atoms with E-state index in [1.54, 1.807) is 11.3 Å². The Morgan fingerprint density at radius 3 is 2.65 bits per heavy atom. The van der Waals surface area contributed by atoms with Crippen LogP contribution in [0.4, 0.5) is 5.69 Å². The van der Waals surface area contributed by atoms with E-state index in [0.29, 0.717) is 17.2 Å². The van der Waals surface area contributed by atoms with E-state index in [4.69, 9.17) is 24.4 Å². The lowest BCUT2D eigenvalue weighted by molar-refractivity contribution is 0.190. The summed E-state index contributed by atoms with van der Waals surface area (Å²) < 4.78 is 2.93. The van der Waals surface area contributed by atoms with Crippen LogP contribution in [0.2, 0.25) is 0 Å². The Labute approximate surface area is 170 Å². The van der Waals surface area contributed by atoms with Crippen molar-refractivity contribution in [3.63, 3.8) is 0 Å². The van der Waals surface area contributed by atoms with Gasteiger partial charge in [0.2, 0.25) is 0 Å². The van der Waals surface area contributed by atoms with Gasteiger partial charge in [-0.05, 0) is 70.4 Å². The molecule has 4 nitrogen and oxygen atoms in total. The molecular formula is C19H26N4S3. The van der Waals surface area contributed by atoms with Gasteiger partial charge < -0.3 is 15.5 Å². The van der Waals surface area contributed by atoms with Crippen molar-refractivity contribution in [3.8, 4) is 5.69 Å². The molecule has 2 atom stereocenters. The summed E-state index contributed by atoms with van der Waals surface area (Å²) in [5, 5.41) is 9.71. The van der Waals surface area contributed by atoms with E-state index in [-0.39, 0.29) is 0 Å². The minimum Gasteiger partial charge on any atom is -0.358 e. The van der Waals surface area contributed by atoms with E-state index in [0.717, 1.165) is 27.4 Å². The number of rotatable bonds is 4. The summed E-state index contributed by atoms with van der Waals surface area (Å²) >= 11 is 12.7. The first-order valence-corrected chi connectivity index (χ1v) is 10.7. The van der Waals surface area contributed by atoms with Crippen LogP contribution < -0.4 is 10.6 Å². The molecular weight excluding hydrogens is 380 g/mol. The molecule has 0 radical (unpaired) electrons. The Morgan fingerprint density at radius 2 is 1.96 bits per heavy atom. The van der Waals surface area contributed by atoms with Crippen LogP contribution in [0.1, 0.15) is 31.4 Å². The largest absolute Gasteiger partial charge is 0.358 e. The average molecular weight is 407 g/mol. The van der Waals surface area contributed by atoms with Crippen molar-refractivity contribution in [2.24, 2.45) is 0 Å². The molecule has 140 valence electrons. The number of hydrogen-bond acceptors (Lipinski definition) is 4. The topological polar surface area (TPSA) is 32.2 Å². The lowest BCUT2D eigenvalue weighted by Gasteiger charge is -2.37. The minimum absolute atomic E-state index is 0.385. The van der Waals surface area contributed by atoms with E-state index in [2.05, 4.69) is 52.6 Å². The van der Waals surface area contributed by atoms with Crippen LogP contribution in [0.25, 0.3) is 5.69 Å². The van der Waals surface area contributed by atoms with Gasteiger partial charge in [0.05, 0.1) is 11.4 Å². The van der Waals surface area contributed by atoms with E-state index in [1.807, 2.05) is 18.2 Å². The Morgan fingerprint density at radius 1 is 1.23 bits per heavy atom. The smallest absolute Gasteiger partial charge is 0.171 e. The summed E-state index contributed by atoms with van der Waals surface area (Å²) in [6.07, 6.45) is 4.92. The quantitative estimate of drug-likeness (QED) is 0.717. The van der Waals surface area contributed by atoms with E-state index < -0.39 is 0 Å². The van der Waals surface area contributed by atoms with Crippen molar-refractivity contribution in [3.05, 3.63) is 39.3 Å². The first kappa shape index (κ1) is 19.5. The average Bonchev–Trinajstić information content (AvgIpc) is 2.94. The van der Waals surface area contributed by atoms with Gasteiger partial charge in [0, 0.05) is 23.2 Å². The fourth-order valence-corrected chi connectivity index (χ4v) is 5.04. The van der Waals surface area contributed by atoms with E-state index in [1.165, 1.54) is 19.3 Å². The van der Waals surface area contributed by atoms with Crippen molar-refractivity contribution in [2.75, 3.05) is 19.4 Å². The zero-order chi connectivity index (χ0) is 18.7. The van der Waals surface area contributed by atoms with Crippen molar-refractivity contribution in [1.29, 1.82) is 0 Å². The number of likely N-dealkylation sites (N-methyl/N-ethyl adjacent to an activating group) is 1. The van der Waals surface area contributed by atoms with Crippen LogP contribution in [0, 0.1) is 10.9 Å². The standard InChI is InChI=1S/C19H26N4S3/c1-13-12-26-19(25)23(13)17-11-7-5-9-15(17)21-18(24)20-14-8-4-6-10-16(14)22(2)3/h5,7,9,11-12,14,16H,4,6,8,10H2,1-3H3,(H2,20,21,24)/t14-,16-/m1/s1. The highest BCUT2D eigenvalue weighted by Crippen LogP contribution is 2.25. The molecule has 1 aromatic carbocycles. The number of nitrogens with zero attached hydrogens (tertiary/aromatic N) is 2. The maximum absolute atomic E-state index is 5.64. The Hall–Kier alpha value is -1.28. The van der Waals surface area contributed by atoms with Gasteiger partial charge in [0.25, 0.3) is 0 Å². The van der Waals surface area contributed by atoms with E-state index >= 15 is 0 Å². The van der Waals surface area contributed by atoms with Crippen molar-refractivity contribution < 1.29 is 0 Å². The molecule has 0 unspecified atom stereocenters. The summed E-state index contributed by atoms with van der Waals surface area (Å²) in [5.41, 5.74) is 3.14. The van der Waals surface area contributed by atoms with Gasteiger partial charge in [-0.2, -0.15) is 0 Å². The fraction of sp³-hybridized carbons (Fsp3) is 0.474. The molecule has 2 N–H and O–H groups in total. The summed E-state index contributed by atoms with van der Waals surface area (Å²) in [4.78, 5) is 2.31. The zero-order valence-electron chi connectivity index (χ0n) is 15.5. The predicted molar refractivity (Wildman–Crippen MR) is 118 cm³/mol. The highest BCUT2D eigenvalue weighted by atomic mass is 32.1. The molecule has 0 aliphatic heterocycles. The molecule has 0 saturated heterocycles. The molecule has 0 bridgehead atoms. The molecule has 1 aliphatic carbocycles. The van der Waals surface area contributed by atoms with Crippen molar-refractivity contribution >= 4 is 46.6 Å². The molecule has 3 rings (SSSR count). The number of aromatic nitrogens is 1. The van der Waals surface area contributed by atoms with Gasteiger partial charge in [0.15, 0.2) is 9.07 Å². The normalized spacial score (nSPS) is 20.2. The van der Waals surface area contributed by atoms with Gasteiger partial charge >= 0.3 is 0 Å². The summed E-state index contributed by atoms with van der Waals surface area (Å²) in [6.45, 7) is 2.07. The zero-order valence-corrected chi connectivity index (χ0v) is 17.9. The van der Waals surface area contributed by atoms with Crippen LogP contribution in [-0.4, -0.2) is 40.8 Å². The maximum Gasteiger partial charge on any atom is 0.171 e. The number of nitrogens with one attached hydrogen (secondary N) is 2. The molecule has 1 heterocycles. The molecule has 7 heteroatoms. The third-order valence-corrected chi connectivity index (χ3v) is 6.50. The third-order valence-electron chi connectivity index (χ3n) is 4.97. The second-order valence-corrected chi connectivity index (χ2v) is 8.93. The molecule has 1 aliphatic rings. The SMILES string of the molecule is Cc1csc(=S)n1-c1ccccc1NC(=S)N[C@@H]1CCCC[C@H]1N(C)C. The van der Waals surface area contributed by atoms with Gasteiger partial charge in [0.1, 0.15) is 0 Å². The summed E-state index contributed by atoms with van der Waals surface area (Å²) in [6, 6.07) is 9.07. The monoisotopic (exact) mass is 406 g/mol. The van der Waals surface area contributed by atoms with Crippen LogP contribution in [-0.2, 0) is 0 Å². The lowest BCUT2D eigenvalue weighted by atomic mass is 9.90. The first-order valence-electron chi connectivity index (χ1n) is 8.98. The minimum atomic E-state index is 0.385. The molecule has 1 saturated carbocycles. The number of anilines is 1. The van der Waals surface area contributed by atoms with Crippen LogP contribution >= 0.6 is 35.8 Å². The van der Waals surface area contributed by atoms with Crippen LogP contribution in [0.15, 0.2) is 29.6 Å². The van der Waals surface area contributed by atoms with Gasteiger partial charge in [-0.1, -0.05) is 25.0 Å². The Bertz CT molecular complexity index is 824. The number of hydrogen-bond donors (Lipinski definition) is 2. The number of para-hydroxylation sites is 2. The fourth-order valence-electron chi connectivity index (χ4n) is 3.67. The predicted octanol–water partition coefficient (Wildman–Crippen LogP) is 4.74. The van der Waals surface area contributed by atoms with E-state index in [9.17, 15) is 0 Å². The number of thiazole rings is 1. The molecule has 1 aromatic heterocycles. The molecule has 1 fully saturated rings. The highest BCUT2D eigenvalue weighted by Gasteiger charge is 2.27. The van der Waals surface area contributed by atoms with Gasteiger partial charge in [-0.3, -0.25) is 4.57 Å². The number of thiocarbonyl (C=S) groups is 1. The molecule has 26 heavy (non-hydrogen) atoms. The first-order chi connectivity index (χ1) is 12.5. The number of benzene rings is 1. The lowest BCUT2D eigenvalue weighted by Crippen LogP contribution is -2.52. The van der Waals surface area contributed by atoms with Crippen molar-refractivity contribution in [1.82, 2.24) is 14.8 Å². The molecule has 0 amide bonds. The maximum atomic E-state index is 5.64. The second kappa shape index (κ2) is 8.61. The Kier molecular flexibility index (Phi) is 6.45. The van der Waals surface area contributed by atoms with Crippen molar-refractivity contribution in [2.45, 2.75) is 44.7 Å². The Balaban J connectivity index is 1.77. The summed E-state index contributed by atoms with van der Waals surface area (Å²) in [7, 11) is 4.30. The molecule has 0 spiro atoms. The highest BCUT2D eigenvalue weighted by molar-refractivity contribution is 7.80. The van der Waals surface area contributed by atoms with Gasteiger partial charge in [-0.25, -0.2) is 0 Å². The van der Waals surface area contributed by atoms with Crippen LogP contribution in [0.3, 0.4) is 0 Å².